The molecule has 202 valence electrons. The van der Waals surface area contributed by atoms with Crippen LogP contribution in [0, 0.1) is 5.92 Å². The van der Waals surface area contributed by atoms with E-state index in [2.05, 4.69) is 0 Å². The molecule has 38 heavy (non-hydrogen) atoms. The van der Waals surface area contributed by atoms with Gasteiger partial charge in [-0.05, 0) is 93.3 Å². The van der Waals surface area contributed by atoms with Crippen LogP contribution in [0.2, 0.25) is 0 Å². The van der Waals surface area contributed by atoms with Crippen LogP contribution in [-0.4, -0.2) is 41.6 Å². The first-order valence-corrected chi connectivity index (χ1v) is 13.4. The molecular weight excluding hydrogens is 485 g/mol. The maximum atomic E-state index is 13.7. The molecule has 4 rings (SSSR count). The quantitative estimate of drug-likeness (QED) is 0.356. The highest BCUT2D eigenvalue weighted by Crippen LogP contribution is 2.33. The first kappa shape index (κ1) is 27.4. The summed E-state index contributed by atoms with van der Waals surface area (Å²) in [6, 6.07) is 14.3. The Morgan fingerprint density at radius 1 is 1.03 bits per heavy atom. The molecule has 1 N–H and O–H groups in total. The standard InChI is InChI=1S/C31H36FNO5/c1-37-28-9-2-3-10-29(28)38-27-17-15-24(16-18-27)30(34)33(19-5-7-22-6-4-8-26(32)20-22)21-23-11-13-25(14-12-23)31(35)36/h2-3,8-14,20,24,27H,4-7,15-19,21H2,1H3,(H,35,36). The number of methoxy groups -OCH3 is 1. The van der Waals surface area contributed by atoms with E-state index in [1.54, 1.807) is 43.5 Å². The molecular formula is C31H36FNO5. The third-order valence-corrected chi connectivity index (χ3v) is 7.34. The first-order valence-electron chi connectivity index (χ1n) is 13.4. The number of amides is 1. The van der Waals surface area contributed by atoms with Crippen LogP contribution in [0.5, 0.6) is 11.5 Å². The number of para-hydroxylation sites is 2. The van der Waals surface area contributed by atoms with Crippen molar-refractivity contribution in [1.82, 2.24) is 4.90 Å². The second-order valence-electron chi connectivity index (χ2n) is 10.0. The summed E-state index contributed by atoms with van der Waals surface area (Å²) >= 11 is 0. The Balaban J connectivity index is 1.38. The van der Waals surface area contributed by atoms with Gasteiger partial charge in [-0.15, -0.1) is 0 Å². The molecule has 2 aliphatic carbocycles. The van der Waals surface area contributed by atoms with Gasteiger partial charge >= 0.3 is 5.97 Å². The van der Waals surface area contributed by atoms with E-state index >= 15 is 0 Å². The Bertz CT molecular complexity index is 1170. The average Bonchev–Trinajstić information content (AvgIpc) is 2.93. The smallest absolute Gasteiger partial charge is 0.335 e. The molecule has 0 saturated heterocycles. The molecule has 0 spiro atoms. The van der Waals surface area contributed by atoms with Crippen molar-refractivity contribution < 1.29 is 28.6 Å². The van der Waals surface area contributed by atoms with Gasteiger partial charge in [0.15, 0.2) is 11.5 Å². The first-order chi connectivity index (χ1) is 18.4. The Labute approximate surface area is 223 Å². The van der Waals surface area contributed by atoms with E-state index in [9.17, 15) is 19.1 Å². The Morgan fingerprint density at radius 3 is 2.39 bits per heavy atom. The lowest BCUT2D eigenvalue weighted by Gasteiger charge is -2.33. The number of aromatic carboxylic acids is 1. The van der Waals surface area contributed by atoms with E-state index in [1.807, 2.05) is 29.2 Å². The molecule has 0 aromatic heterocycles. The highest BCUT2D eigenvalue weighted by molar-refractivity contribution is 5.87. The minimum Gasteiger partial charge on any atom is -0.493 e. The van der Waals surface area contributed by atoms with Crippen LogP contribution in [0.4, 0.5) is 4.39 Å². The van der Waals surface area contributed by atoms with Crippen LogP contribution in [0.15, 0.2) is 72.1 Å². The number of halogens is 1. The van der Waals surface area contributed by atoms with Crippen molar-refractivity contribution in [3.63, 3.8) is 0 Å². The van der Waals surface area contributed by atoms with Crippen LogP contribution in [0.25, 0.3) is 0 Å². The molecule has 0 radical (unpaired) electrons. The van der Waals surface area contributed by atoms with Crippen LogP contribution in [-0.2, 0) is 11.3 Å². The minimum atomic E-state index is -0.973. The van der Waals surface area contributed by atoms with Crippen LogP contribution >= 0.6 is 0 Å². The number of allylic oxidation sites excluding steroid dienone is 4. The number of carboxylic acids is 1. The van der Waals surface area contributed by atoms with Gasteiger partial charge in [0.25, 0.3) is 0 Å². The molecule has 6 nitrogen and oxygen atoms in total. The molecule has 0 aliphatic heterocycles. The fraction of sp³-hybridized carbons (Fsp3) is 0.419. The number of carbonyl (C=O) groups is 2. The molecule has 2 aromatic carbocycles. The topological polar surface area (TPSA) is 76.1 Å². The second-order valence-corrected chi connectivity index (χ2v) is 10.0. The maximum absolute atomic E-state index is 13.7. The number of hydrogen-bond acceptors (Lipinski definition) is 4. The largest absolute Gasteiger partial charge is 0.493 e. The van der Waals surface area contributed by atoms with Crippen LogP contribution in [0.1, 0.15) is 67.3 Å². The molecule has 1 fully saturated rings. The third-order valence-electron chi connectivity index (χ3n) is 7.34. The number of ether oxygens (including phenoxy) is 2. The Morgan fingerprint density at radius 2 is 1.74 bits per heavy atom. The van der Waals surface area contributed by atoms with Crippen molar-refractivity contribution in [2.75, 3.05) is 13.7 Å². The molecule has 2 aliphatic rings. The summed E-state index contributed by atoms with van der Waals surface area (Å²) in [6.07, 6.45) is 9.40. The fourth-order valence-electron chi connectivity index (χ4n) is 5.24. The Kier molecular flexibility index (Phi) is 9.57. The van der Waals surface area contributed by atoms with E-state index in [4.69, 9.17) is 9.47 Å². The highest BCUT2D eigenvalue weighted by Gasteiger charge is 2.30. The summed E-state index contributed by atoms with van der Waals surface area (Å²) in [5.74, 6) is 0.309. The number of benzene rings is 2. The number of nitrogens with zero attached hydrogens (tertiary/aromatic N) is 1. The van der Waals surface area contributed by atoms with Crippen molar-refractivity contribution in [2.45, 2.75) is 64.0 Å². The molecule has 0 heterocycles. The predicted octanol–water partition coefficient (Wildman–Crippen LogP) is 6.71. The van der Waals surface area contributed by atoms with Gasteiger partial charge in [0.05, 0.1) is 18.8 Å². The monoisotopic (exact) mass is 521 g/mol. The number of hydrogen-bond donors (Lipinski definition) is 1. The molecule has 1 saturated carbocycles. The highest BCUT2D eigenvalue weighted by atomic mass is 19.1. The number of rotatable bonds is 11. The molecule has 1 amide bonds. The van der Waals surface area contributed by atoms with Gasteiger partial charge in [0, 0.05) is 19.0 Å². The van der Waals surface area contributed by atoms with E-state index in [-0.39, 0.29) is 29.3 Å². The average molecular weight is 522 g/mol. The zero-order valence-corrected chi connectivity index (χ0v) is 21.9. The van der Waals surface area contributed by atoms with Crippen LogP contribution in [0.3, 0.4) is 0 Å². The van der Waals surface area contributed by atoms with Crippen molar-refractivity contribution in [3.05, 3.63) is 83.2 Å². The van der Waals surface area contributed by atoms with Crippen molar-refractivity contribution >= 4 is 11.9 Å². The van der Waals surface area contributed by atoms with Gasteiger partial charge in [-0.1, -0.05) is 29.8 Å². The summed E-state index contributed by atoms with van der Waals surface area (Å²) in [6.45, 7) is 0.990. The predicted molar refractivity (Wildman–Crippen MR) is 144 cm³/mol. The fourth-order valence-corrected chi connectivity index (χ4v) is 5.24. The summed E-state index contributed by atoms with van der Waals surface area (Å²) < 4.78 is 25.2. The number of carbonyl (C=O) groups excluding carboxylic acids is 1. The molecule has 2 aromatic rings. The molecule has 0 unspecified atom stereocenters. The van der Waals surface area contributed by atoms with Crippen molar-refractivity contribution in [1.29, 1.82) is 0 Å². The maximum Gasteiger partial charge on any atom is 0.335 e. The third kappa shape index (κ3) is 7.46. The van der Waals surface area contributed by atoms with Crippen molar-refractivity contribution in [3.8, 4) is 11.5 Å². The van der Waals surface area contributed by atoms with E-state index in [0.717, 1.165) is 68.3 Å². The second kappa shape index (κ2) is 13.3. The van der Waals surface area contributed by atoms with Gasteiger partial charge in [-0.3, -0.25) is 4.79 Å². The van der Waals surface area contributed by atoms with Crippen LogP contribution < -0.4 is 9.47 Å². The normalized spacial score (nSPS) is 19.2. The summed E-state index contributed by atoms with van der Waals surface area (Å²) in [4.78, 5) is 26.8. The van der Waals surface area contributed by atoms with Crippen molar-refractivity contribution in [2.24, 2.45) is 5.92 Å². The van der Waals surface area contributed by atoms with Gasteiger partial charge < -0.3 is 19.5 Å². The van der Waals surface area contributed by atoms with E-state index in [0.29, 0.717) is 18.8 Å². The molecule has 0 bridgehead atoms. The van der Waals surface area contributed by atoms with E-state index < -0.39 is 5.97 Å². The SMILES string of the molecule is COc1ccccc1OC1CCC(C(=O)N(CCCC2=CC(F)=CCC2)Cc2ccc(C(=O)O)cc2)CC1. The summed E-state index contributed by atoms with van der Waals surface area (Å²) in [5, 5.41) is 9.20. The molecule has 0 atom stereocenters. The summed E-state index contributed by atoms with van der Waals surface area (Å²) in [7, 11) is 1.62. The molecule has 7 heteroatoms. The lowest BCUT2D eigenvalue weighted by molar-refractivity contribution is -0.137. The zero-order chi connectivity index (χ0) is 26.9. The lowest BCUT2D eigenvalue weighted by atomic mass is 9.86. The van der Waals surface area contributed by atoms with Gasteiger partial charge in [0.1, 0.15) is 5.83 Å². The van der Waals surface area contributed by atoms with E-state index in [1.165, 1.54) is 0 Å². The van der Waals surface area contributed by atoms with Gasteiger partial charge in [-0.2, -0.15) is 0 Å². The van der Waals surface area contributed by atoms with Gasteiger partial charge in [-0.25, -0.2) is 9.18 Å². The lowest BCUT2D eigenvalue weighted by Crippen LogP contribution is -2.39. The zero-order valence-electron chi connectivity index (χ0n) is 21.9. The Hall–Kier alpha value is -3.61. The minimum absolute atomic E-state index is 0.0357. The number of carboxylic acid groups (broad SMARTS) is 1. The summed E-state index contributed by atoms with van der Waals surface area (Å²) in [5.41, 5.74) is 2.19. The van der Waals surface area contributed by atoms with Gasteiger partial charge in [0.2, 0.25) is 5.91 Å².